The first-order valence-corrected chi connectivity index (χ1v) is 4.69. The first-order chi connectivity index (χ1) is 5.65. The van der Waals surface area contributed by atoms with Crippen LogP contribution in [0.4, 0.5) is 0 Å². The molecule has 0 aliphatic carbocycles. The molecule has 64 valence electrons. The molecule has 0 amide bonds. The SMILES string of the molecule is CSc1ccc(Cl)c(C(=O)O)n1. The largest absolute Gasteiger partial charge is 0.476 e. The van der Waals surface area contributed by atoms with E-state index in [4.69, 9.17) is 16.7 Å². The van der Waals surface area contributed by atoms with E-state index in [-0.39, 0.29) is 10.7 Å². The zero-order chi connectivity index (χ0) is 9.14. The molecule has 0 radical (unpaired) electrons. The molecule has 0 fully saturated rings. The summed E-state index contributed by atoms with van der Waals surface area (Å²) in [5, 5.41) is 9.45. The van der Waals surface area contributed by atoms with Crippen molar-refractivity contribution in [3.05, 3.63) is 22.8 Å². The minimum absolute atomic E-state index is 0.0940. The van der Waals surface area contributed by atoms with E-state index in [9.17, 15) is 4.79 Å². The first-order valence-electron chi connectivity index (χ1n) is 3.09. The van der Waals surface area contributed by atoms with Gasteiger partial charge in [-0.2, -0.15) is 0 Å². The molecule has 3 nitrogen and oxygen atoms in total. The van der Waals surface area contributed by atoms with E-state index in [1.165, 1.54) is 17.8 Å². The molecule has 0 spiro atoms. The maximum absolute atomic E-state index is 10.5. The third-order valence-electron chi connectivity index (χ3n) is 1.23. The van der Waals surface area contributed by atoms with Crippen molar-refractivity contribution in [3.8, 4) is 0 Å². The molecule has 0 aliphatic heterocycles. The lowest BCUT2D eigenvalue weighted by Crippen LogP contribution is -2.01. The van der Waals surface area contributed by atoms with Crippen LogP contribution in [0.25, 0.3) is 0 Å². The lowest BCUT2D eigenvalue weighted by molar-refractivity contribution is 0.0690. The van der Waals surface area contributed by atoms with Crippen LogP contribution < -0.4 is 0 Å². The van der Waals surface area contributed by atoms with Crippen molar-refractivity contribution < 1.29 is 9.90 Å². The van der Waals surface area contributed by atoms with Crippen LogP contribution in [0.3, 0.4) is 0 Å². The number of thioether (sulfide) groups is 1. The van der Waals surface area contributed by atoms with Crippen LogP contribution in [0.15, 0.2) is 17.2 Å². The van der Waals surface area contributed by atoms with Crippen molar-refractivity contribution in [2.24, 2.45) is 0 Å². The van der Waals surface area contributed by atoms with Gasteiger partial charge in [-0.25, -0.2) is 9.78 Å². The molecule has 0 unspecified atom stereocenters. The van der Waals surface area contributed by atoms with E-state index in [0.717, 1.165) is 0 Å². The highest BCUT2D eigenvalue weighted by molar-refractivity contribution is 7.98. The van der Waals surface area contributed by atoms with Crippen molar-refractivity contribution in [3.63, 3.8) is 0 Å². The van der Waals surface area contributed by atoms with Gasteiger partial charge in [0.05, 0.1) is 10.0 Å². The van der Waals surface area contributed by atoms with E-state index in [2.05, 4.69) is 4.98 Å². The maximum atomic E-state index is 10.5. The lowest BCUT2D eigenvalue weighted by Gasteiger charge is -1.99. The molecule has 1 rings (SSSR count). The monoisotopic (exact) mass is 203 g/mol. The molecule has 1 N–H and O–H groups in total. The number of carboxylic acids is 1. The maximum Gasteiger partial charge on any atom is 0.356 e. The normalized spacial score (nSPS) is 9.83. The number of carboxylic acid groups (broad SMARTS) is 1. The third-order valence-corrected chi connectivity index (χ3v) is 2.18. The van der Waals surface area contributed by atoms with Gasteiger partial charge in [0.15, 0.2) is 5.69 Å². The van der Waals surface area contributed by atoms with Gasteiger partial charge >= 0.3 is 5.97 Å². The summed E-state index contributed by atoms with van der Waals surface area (Å²) in [6.07, 6.45) is 1.82. The second kappa shape index (κ2) is 3.78. The topological polar surface area (TPSA) is 50.2 Å². The smallest absolute Gasteiger partial charge is 0.356 e. The predicted octanol–water partition coefficient (Wildman–Crippen LogP) is 2.16. The van der Waals surface area contributed by atoms with Crippen molar-refractivity contribution in [2.45, 2.75) is 5.03 Å². The molecule has 1 aromatic rings. The molecular formula is C7H6ClNO2S. The zero-order valence-corrected chi connectivity index (χ0v) is 7.82. The summed E-state index contributed by atoms with van der Waals surface area (Å²) in [5.74, 6) is -1.10. The zero-order valence-electron chi connectivity index (χ0n) is 6.24. The molecule has 0 saturated carbocycles. The van der Waals surface area contributed by atoms with E-state index >= 15 is 0 Å². The highest BCUT2D eigenvalue weighted by Crippen LogP contribution is 2.18. The summed E-state index contributed by atoms with van der Waals surface area (Å²) in [4.78, 5) is 14.4. The fourth-order valence-corrected chi connectivity index (χ4v) is 1.26. The van der Waals surface area contributed by atoms with Crippen LogP contribution in [-0.2, 0) is 0 Å². The Hall–Kier alpha value is -0.740. The number of hydrogen-bond acceptors (Lipinski definition) is 3. The van der Waals surface area contributed by atoms with E-state index < -0.39 is 5.97 Å². The number of hydrogen-bond donors (Lipinski definition) is 1. The van der Waals surface area contributed by atoms with Gasteiger partial charge in [-0.15, -0.1) is 11.8 Å². The quantitative estimate of drug-likeness (QED) is 0.749. The van der Waals surface area contributed by atoms with E-state index in [1.54, 1.807) is 6.07 Å². The van der Waals surface area contributed by atoms with Crippen molar-refractivity contribution in [1.29, 1.82) is 0 Å². The Morgan fingerprint density at radius 1 is 1.67 bits per heavy atom. The molecule has 12 heavy (non-hydrogen) atoms. The van der Waals surface area contributed by atoms with Gasteiger partial charge < -0.3 is 5.11 Å². The van der Waals surface area contributed by atoms with Crippen molar-refractivity contribution >= 4 is 29.3 Å². The van der Waals surface area contributed by atoms with Gasteiger partial charge in [-0.3, -0.25) is 0 Å². The second-order valence-electron chi connectivity index (χ2n) is 1.99. The molecule has 5 heteroatoms. The van der Waals surface area contributed by atoms with Crippen LogP contribution in [0.1, 0.15) is 10.5 Å². The van der Waals surface area contributed by atoms with Gasteiger partial charge in [-0.1, -0.05) is 11.6 Å². The predicted molar refractivity (Wildman–Crippen MR) is 48.0 cm³/mol. The molecule has 0 saturated heterocycles. The van der Waals surface area contributed by atoms with Crippen LogP contribution in [0, 0.1) is 0 Å². The molecule has 1 heterocycles. The average Bonchev–Trinajstić information content (AvgIpc) is 2.05. The van der Waals surface area contributed by atoms with Gasteiger partial charge in [0.1, 0.15) is 0 Å². The lowest BCUT2D eigenvalue weighted by atomic mass is 10.3. The molecular weight excluding hydrogens is 198 g/mol. The second-order valence-corrected chi connectivity index (χ2v) is 3.22. The van der Waals surface area contributed by atoms with Gasteiger partial charge in [0, 0.05) is 0 Å². The summed E-state index contributed by atoms with van der Waals surface area (Å²) in [6.45, 7) is 0. The Morgan fingerprint density at radius 3 is 2.83 bits per heavy atom. The van der Waals surface area contributed by atoms with Crippen molar-refractivity contribution in [2.75, 3.05) is 6.26 Å². The summed E-state index contributed by atoms with van der Waals surface area (Å²) < 4.78 is 0. The third kappa shape index (κ3) is 1.89. The fraction of sp³-hybridized carbons (Fsp3) is 0.143. The fourth-order valence-electron chi connectivity index (χ4n) is 0.688. The number of pyridine rings is 1. The summed E-state index contributed by atoms with van der Waals surface area (Å²) >= 11 is 6.97. The summed E-state index contributed by atoms with van der Waals surface area (Å²) in [7, 11) is 0. The summed E-state index contributed by atoms with van der Waals surface area (Å²) in [6, 6.07) is 3.21. The van der Waals surface area contributed by atoms with E-state index in [1.807, 2.05) is 6.26 Å². The summed E-state index contributed by atoms with van der Waals surface area (Å²) in [5.41, 5.74) is -0.0940. The standard InChI is InChI=1S/C7H6ClNO2S/c1-12-5-3-2-4(8)6(9-5)7(10)11/h2-3H,1H3,(H,10,11). The number of aromatic carboxylic acids is 1. The van der Waals surface area contributed by atoms with Crippen molar-refractivity contribution in [1.82, 2.24) is 4.98 Å². The molecule has 0 aromatic carbocycles. The van der Waals surface area contributed by atoms with Gasteiger partial charge in [0.25, 0.3) is 0 Å². The molecule has 0 bridgehead atoms. The van der Waals surface area contributed by atoms with Crippen LogP contribution in [-0.4, -0.2) is 22.3 Å². The minimum atomic E-state index is -1.10. The highest BCUT2D eigenvalue weighted by Gasteiger charge is 2.10. The number of nitrogens with zero attached hydrogens (tertiary/aromatic N) is 1. The number of carbonyl (C=O) groups is 1. The van der Waals surface area contributed by atoms with Gasteiger partial charge in [-0.05, 0) is 18.4 Å². The highest BCUT2D eigenvalue weighted by atomic mass is 35.5. The molecule has 1 aromatic heterocycles. The Kier molecular flexibility index (Phi) is 2.94. The average molecular weight is 204 g/mol. The number of aromatic nitrogens is 1. The number of rotatable bonds is 2. The van der Waals surface area contributed by atoms with Crippen LogP contribution in [0.5, 0.6) is 0 Å². The van der Waals surface area contributed by atoms with Gasteiger partial charge in [0.2, 0.25) is 0 Å². The first kappa shape index (κ1) is 9.35. The van der Waals surface area contributed by atoms with Crippen LogP contribution in [0.2, 0.25) is 5.02 Å². The Bertz CT molecular complexity index is 316. The Balaban J connectivity index is 3.17. The minimum Gasteiger partial charge on any atom is -0.476 e. The Labute approximate surface area is 78.8 Å². The Morgan fingerprint density at radius 2 is 2.33 bits per heavy atom. The van der Waals surface area contributed by atoms with E-state index in [0.29, 0.717) is 5.03 Å². The number of halogens is 1. The molecule has 0 aliphatic rings. The molecule has 0 atom stereocenters. The van der Waals surface area contributed by atoms with Crippen LogP contribution >= 0.6 is 23.4 Å².